The molecule has 9 nitrogen and oxygen atoms in total. The fraction of sp³-hybridized carbons (Fsp3) is 0.323. The second-order valence-corrected chi connectivity index (χ2v) is 13.0. The SMILES string of the molecule is CC(C)(C)OC(=O)NC1C(=O)N2CC(C=CSc3ncccn3)(C(=O)OC(c3ccccc3)c3ccccc3)CS[C@H]12. The van der Waals surface area contributed by atoms with Gasteiger partial charge < -0.3 is 19.7 Å². The van der Waals surface area contributed by atoms with E-state index in [0.717, 1.165) is 11.1 Å². The van der Waals surface area contributed by atoms with Gasteiger partial charge in [0.05, 0.1) is 0 Å². The average Bonchev–Trinajstić information content (AvgIpc) is 2.99. The Balaban J connectivity index is 1.39. The van der Waals surface area contributed by atoms with Crippen molar-refractivity contribution in [3.63, 3.8) is 0 Å². The number of carbonyl (C=O) groups excluding carboxylic acids is 3. The molecule has 0 bridgehead atoms. The van der Waals surface area contributed by atoms with Crippen LogP contribution in [-0.4, -0.2) is 62.2 Å². The van der Waals surface area contributed by atoms with Crippen molar-refractivity contribution in [3.05, 3.63) is 102 Å². The number of alkyl carbamates (subject to hydrolysis) is 1. The van der Waals surface area contributed by atoms with Gasteiger partial charge in [0.1, 0.15) is 22.4 Å². The number of aromatic nitrogens is 2. The fourth-order valence-corrected chi connectivity index (χ4v) is 6.90. The molecule has 2 amide bonds. The van der Waals surface area contributed by atoms with E-state index in [0.29, 0.717) is 10.9 Å². The molecule has 2 saturated heterocycles. The Kier molecular flexibility index (Phi) is 8.88. The summed E-state index contributed by atoms with van der Waals surface area (Å²) in [5.74, 6) is -0.380. The minimum absolute atomic E-state index is 0.109. The Labute approximate surface area is 253 Å². The number of rotatable bonds is 8. The zero-order valence-corrected chi connectivity index (χ0v) is 25.1. The molecule has 42 heavy (non-hydrogen) atoms. The Morgan fingerprint density at radius 2 is 1.67 bits per heavy atom. The van der Waals surface area contributed by atoms with Crippen LogP contribution in [0.25, 0.3) is 0 Å². The van der Waals surface area contributed by atoms with Crippen LogP contribution < -0.4 is 5.32 Å². The van der Waals surface area contributed by atoms with Crippen molar-refractivity contribution in [2.24, 2.45) is 5.41 Å². The van der Waals surface area contributed by atoms with Gasteiger partial charge in [0.25, 0.3) is 0 Å². The second kappa shape index (κ2) is 12.6. The van der Waals surface area contributed by atoms with Gasteiger partial charge in [-0.05, 0) is 43.4 Å². The quantitative estimate of drug-likeness (QED) is 0.160. The van der Waals surface area contributed by atoms with E-state index >= 15 is 0 Å². The number of ether oxygens (including phenoxy) is 2. The lowest BCUT2D eigenvalue weighted by atomic mass is 9.87. The van der Waals surface area contributed by atoms with Crippen LogP contribution >= 0.6 is 23.5 Å². The topological polar surface area (TPSA) is 111 Å². The summed E-state index contributed by atoms with van der Waals surface area (Å²) in [7, 11) is 0. The van der Waals surface area contributed by atoms with Crippen LogP contribution in [0.4, 0.5) is 4.79 Å². The maximum absolute atomic E-state index is 14.2. The summed E-state index contributed by atoms with van der Waals surface area (Å²) in [6, 6.07) is 20.1. The molecule has 2 aliphatic rings. The summed E-state index contributed by atoms with van der Waals surface area (Å²) < 4.78 is 11.6. The van der Waals surface area contributed by atoms with Crippen molar-refractivity contribution >= 4 is 41.5 Å². The van der Waals surface area contributed by atoms with Crippen LogP contribution in [0.1, 0.15) is 38.0 Å². The van der Waals surface area contributed by atoms with Crippen LogP contribution in [-0.2, 0) is 19.1 Å². The number of carbonyl (C=O) groups is 3. The zero-order chi connectivity index (χ0) is 29.7. The smallest absolute Gasteiger partial charge is 0.408 e. The third-order valence-corrected chi connectivity index (χ3v) is 8.96. The highest BCUT2D eigenvalue weighted by Crippen LogP contribution is 2.45. The minimum atomic E-state index is -1.14. The molecule has 218 valence electrons. The number of β-lactam (4-membered cyclic amide) rings is 1. The molecular formula is C31H32N4O5S2. The summed E-state index contributed by atoms with van der Waals surface area (Å²) >= 11 is 2.71. The standard InChI is InChI=1S/C31H32N4O5S2/c1-30(2,3)40-29(38)34-23-25(36)35-19-31(20-42-26(23)35,15-18-41-28-32-16-10-17-33-28)27(37)39-24(21-11-6-4-7-12-21)22-13-8-5-9-14-22/h4-18,23-24,26H,19-20H2,1-3H3,(H,34,38)/t23?,26-,31?/m1/s1. The van der Waals surface area contributed by atoms with Crippen LogP contribution in [0.3, 0.4) is 0 Å². The van der Waals surface area contributed by atoms with Crippen molar-refractivity contribution < 1.29 is 23.9 Å². The number of nitrogens with zero attached hydrogens (tertiary/aromatic N) is 3. The predicted octanol–water partition coefficient (Wildman–Crippen LogP) is 5.21. The first-order valence-corrected chi connectivity index (χ1v) is 15.4. The predicted molar refractivity (Wildman–Crippen MR) is 161 cm³/mol. The normalized spacial score (nSPS) is 21.9. The molecule has 0 saturated carbocycles. The highest BCUT2D eigenvalue weighted by atomic mass is 32.2. The third kappa shape index (κ3) is 6.79. The van der Waals surface area contributed by atoms with Crippen LogP contribution in [0.5, 0.6) is 0 Å². The molecule has 0 spiro atoms. The van der Waals surface area contributed by atoms with Crippen molar-refractivity contribution in [2.75, 3.05) is 12.3 Å². The first-order valence-electron chi connectivity index (χ1n) is 13.5. The largest absolute Gasteiger partial charge is 0.452 e. The number of hydrogen-bond acceptors (Lipinski definition) is 9. The van der Waals surface area contributed by atoms with E-state index in [1.54, 1.807) is 55.6 Å². The van der Waals surface area contributed by atoms with Gasteiger partial charge in [-0.1, -0.05) is 78.5 Å². The lowest BCUT2D eigenvalue weighted by Crippen LogP contribution is -2.73. The number of thioether (sulfide) groups is 2. The van der Waals surface area contributed by atoms with E-state index in [1.165, 1.54) is 23.5 Å². The molecule has 1 N–H and O–H groups in total. The van der Waals surface area contributed by atoms with Gasteiger partial charge in [0.15, 0.2) is 11.3 Å². The van der Waals surface area contributed by atoms with Gasteiger partial charge in [-0.15, -0.1) is 11.8 Å². The lowest BCUT2D eigenvalue weighted by Gasteiger charge is -2.53. The van der Waals surface area contributed by atoms with Crippen molar-refractivity contribution in [3.8, 4) is 0 Å². The number of amides is 2. The number of hydrogen-bond donors (Lipinski definition) is 1. The molecular weight excluding hydrogens is 572 g/mol. The Hall–Kier alpha value is -3.83. The van der Waals surface area contributed by atoms with Crippen molar-refractivity contribution in [1.82, 2.24) is 20.2 Å². The van der Waals surface area contributed by atoms with Gasteiger partial charge in [0, 0.05) is 24.7 Å². The lowest BCUT2D eigenvalue weighted by molar-refractivity contribution is -0.161. The summed E-state index contributed by atoms with van der Waals surface area (Å²) in [5, 5.41) is 4.68. The van der Waals surface area contributed by atoms with Crippen molar-refractivity contribution in [2.45, 2.75) is 49.0 Å². The van der Waals surface area contributed by atoms with Gasteiger partial charge in [-0.3, -0.25) is 9.59 Å². The molecule has 2 unspecified atom stereocenters. The van der Waals surface area contributed by atoms with E-state index in [4.69, 9.17) is 9.47 Å². The molecule has 1 aromatic heterocycles. The van der Waals surface area contributed by atoms with Gasteiger partial charge in [0.2, 0.25) is 5.91 Å². The number of fused-ring (bicyclic) bond motifs is 1. The summed E-state index contributed by atoms with van der Waals surface area (Å²) in [6.45, 7) is 5.40. The molecule has 3 heterocycles. The zero-order valence-electron chi connectivity index (χ0n) is 23.5. The number of esters is 1. The van der Waals surface area contributed by atoms with Crippen LogP contribution in [0.2, 0.25) is 0 Å². The third-order valence-electron chi connectivity index (χ3n) is 6.72. The van der Waals surface area contributed by atoms with Gasteiger partial charge in [-0.2, -0.15) is 0 Å². The second-order valence-electron chi connectivity index (χ2n) is 11.0. The van der Waals surface area contributed by atoms with Gasteiger partial charge in [-0.25, -0.2) is 14.8 Å². The Morgan fingerprint density at radius 1 is 1.05 bits per heavy atom. The highest BCUT2D eigenvalue weighted by Gasteiger charge is 2.57. The number of nitrogens with one attached hydrogen (secondary N) is 1. The fourth-order valence-electron chi connectivity index (χ4n) is 4.70. The maximum atomic E-state index is 14.2. The Morgan fingerprint density at radius 3 is 2.26 bits per heavy atom. The number of benzene rings is 2. The first kappa shape index (κ1) is 29.7. The molecule has 5 rings (SSSR count). The monoisotopic (exact) mass is 604 g/mol. The van der Waals surface area contributed by atoms with E-state index in [1.807, 2.05) is 60.7 Å². The van der Waals surface area contributed by atoms with Crippen LogP contribution in [0.15, 0.2) is 95.8 Å². The molecule has 3 atom stereocenters. The molecule has 2 aromatic carbocycles. The first-order chi connectivity index (χ1) is 20.2. The molecule has 11 heteroatoms. The summed E-state index contributed by atoms with van der Waals surface area (Å²) in [6.07, 6.45) is 3.80. The van der Waals surface area contributed by atoms with Crippen molar-refractivity contribution in [1.29, 1.82) is 0 Å². The van der Waals surface area contributed by atoms with E-state index in [-0.39, 0.29) is 17.8 Å². The molecule has 2 aliphatic heterocycles. The average molecular weight is 605 g/mol. The molecule has 3 aromatic rings. The molecule has 2 fully saturated rings. The molecule has 0 radical (unpaired) electrons. The highest BCUT2D eigenvalue weighted by molar-refractivity contribution is 8.02. The van der Waals surface area contributed by atoms with Crippen LogP contribution in [0, 0.1) is 5.41 Å². The van der Waals surface area contributed by atoms with Gasteiger partial charge >= 0.3 is 12.1 Å². The molecule has 0 aliphatic carbocycles. The van der Waals surface area contributed by atoms with E-state index in [9.17, 15) is 14.4 Å². The maximum Gasteiger partial charge on any atom is 0.408 e. The minimum Gasteiger partial charge on any atom is -0.452 e. The summed E-state index contributed by atoms with van der Waals surface area (Å²) in [5.41, 5.74) is -0.150. The van der Waals surface area contributed by atoms with E-state index in [2.05, 4.69) is 15.3 Å². The van der Waals surface area contributed by atoms with E-state index < -0.39 is 35.2 Å². The summed E-state index contributed by atoms with van der Waals surface area (Å²) in [4.78, 5) is 49.8. The Bertz CT molecular complexity index is 1400.